The molecule has 3 rings (SSSR count). The quantitative estimate of drug-likeness (QED) is 0.626. The standard InChI is InChI=1S/C18H17ClN4O2S/c1-12(17(20)24)26-18-22-21-16(23(18)14-5-3-2-4-6-14)11-25-15-9-7-13(19)8-10-15/h2-10,12H,11H2,1H3,(H2,20,24). The molecule has 0 saturated carbocycles. The van der Waals surface area contributed by atoms with Gasteiger partial charge >= 0.3 is 0 Å². The van der Waals surface area contributed by atoms with Crippen molar-refractivity contribution in [2.24, 2.45) is 5.73 Å². The first kappa shape index (κ1) is 18.3. The molecule has 0 aliphatic heterocycles. The molecule has 1 unspecified atom stereocenters. The largest absolute Gasteiger partial charge is 0.486 e. The van der Waals surface area contributed by atoms with Crippen molar-refractivity contribution in [1.82, 2.24) is 14.8 Å². The van der Waals surface area contributed by atoms with E-state index in [0.717, 1.165) is 5.69 Å². The molecule has 0 fully saturated rings. The number of rotatable bonds is 7. The molecule has 0 radical (unpaired) electrons. The highest BCUT2D eigenvalue weighted by molar-refractivity contribution is 8.00. The number of benzene rings is 2. The van der Waals surface area contributed by atoms with Gasteiger partial charge in [-0.1, -0.05) is 41.6 Å². The summed E-state index contributed by atoms with van der Waals surface area (Å²) in [6, 6.07) is 16.7. The fourth-order valence-electron chi connectivity index (χ4n) is 2.20. The van der Waals surface area contributed by atoms with Crippen molar-refractivity contribution in [3.63, 3.8) is 0 Å². The maximum atomic E-state index is 11.4. The number of nitrogens with two attached hydrogens (primary N) is 1. The van der Waals surface area contributed by atoms with E-state index in [1.165, 1.54) is 11.8 Å². The lowest BCUT2D eigenvalue weighted by Gasteiger charge is -2.12. The van der Waals surface area contributed by atoms with Gasteiger partial charge in [-0.05, 0) is 43.3 Å². The molecule has 134 valence electrons. The Kier molecular flexibility index (Phi) is 5.80. The lowest BCUT2D eigenvalue weighted by molar-refractivity contribution is -0.117. The maximum absolute atomic E-state index is 11.4. The molecule has 1 heterocycles. The third-order valence-corrected chi connectivity index (χ3v) is 4.89. The van der Waals surface area contributed by atoms with Crippen LogP contribution in [0.1, 0.15) is 12.7 Å². The number of ether oxygens (including phenoxy) is 1. The topological polar surface area (TPSA) is 83.0 Å². The Balaban J connectivity index is 1.88. The Morgan fingerprint density at radius 3 is 2.54 bits per heavy atom. The van der Waals surface area contributed by atoms with E-state index < -0.39 is 11.2 Å². The Bertz CT molecular complexity index is 884. The van der Waals surface area contributed by atoms with Gasteiger partial charge < -0.3 is 10.5 Å². The van der Waals surface area contributed by atoms with Crippen LogP contribution in [0, 0.1) is 0 Å². The molecule has 1 amide bonds. The average molecular weight is 389 g/mol. The summed E-state index contributed by atoms with van der Waals surface area (Å²) in [4.78, 5) is 11.4. The second kappa shape index (κ2) is 8.25. The van der Waals surface area contributed by atoms with Crippen LogP contribution in [0.15, 0.2) is 59.8 Å². The predicted molar refractivity (Wildman–Crippen MR) is 102 cm³/mol. The smallest absolute Gasteiger partial charge is 0.230 e. The number of amides is 1. The molecule has 0 bridgehead atoms. The molecule has 1 atom stereocenters. The Morgan fingerprint density at radius 1 is 1.19 bits per heavy atom. The first-order valence-electron chi connectivity index (χ1n) is 7.88. The molecule has 2 N–H and O–H groups in total. The number of hydrogen-bond donors (Lipinski definition) is 1. The first-order valence-corrected chi connectivity index (χ1v) is 9.14. The summed E-state index contributed by atoms with van der Waals surface area (Å²) in [7, 11) is 0. The normalized spacial score (nSPS) is 11.9. The summed E-state index contributed by atoms with van der Waals surface area (Å²) in [5.74, 6) is 0.888. The van der Waals surface area contributed by atoms with Crippen molar-refractivity contribution >= 4 is 29.3 Å². The lowest BCUT2D eigenvalue weighted by atomic mass is 10.3. The van der Waals surface area contributed by atoms with Gasteiger partial charge in [0.1, 0.15) is 12.4 Å². The number of thioether (sulfide) groups is 1. The summed E-state index contributed by atoms with van der Waals surface area (Å²) in [6.45, 7) is 1.95. The molecule has 6 nitrogen and oxygen atoms in total. The summed E-state index contributed by atoms with van der Waals surface area (Å²) in [6.07, 6.45) is 0. The number of halogens is 1. The van der Waals surface area contributed by atoms with Crippen molar-refractivity contribution in [3.05, 3.63) is 65.4 Å². The Hall–Kier alpha value is -2.51. The zero-order valence-electron chi connectivity index (χ0n) is 14.0. The van der Waals surface area contributed by atoms with Crippen molar-refractivity contribution in [2.75, 3.05) is 0 Å². The zero-order valence-corrected chi connectivity index (χ0v) is 15.6. The van der Waals surface area contributed by atoms with Gasteiger partial charge in [0.15, 0.2) is 11.0 Å². The van der Waals surface area contributed by atoms with Gasteiger partial charge in [0.25, 0.3) is 0 Å². The molecule has 0 spiro atoms. The fourth-order valence-corrected chi connectivity index (χ4v) is 3.16. The maximum Gasteiger partial charge on any atom is 0.230 e. The Morgan fingerprint density at radius 2 is 1.88 bits per heavy atom. The van der Waals surface area contributed by atoms with E-state index in [-0.39, 0.29) is 6.61 Å². The summed E-state index contributed by atoms with van der Waals surface area (Å²) >= 11 is 7.15. The number of para-hydroxylation sites is 1. The molecular formula is C18H17ClN4O2S. The first-order chi connectivity index (χ1) is 12.5. The molecule has 3 aromatic rings. The molecule has 8 heteroatoms. The van der Waals surface area contributed by atoms with Gasteiger partial charge in [0, 0.05) is 10.7 Å². The molecule has 0 aliphatic carbocycles. The molecular weight excluding hydrogens is 372 g/mol. The monoisotopic (exact) mass is 388 g/mol. The number of primary amides is 1. The van der Waals surface area contributed by atoms with Crippen LogP contribution < -0.4 is 10.5 Å². The van der Waals surface area contributed by atoms with Crippen LogP contribution in [-0.2, 0) is 11.4 Å². The number of hydrogen-bond acceptors (Lipinski definition) is 5. The third kappa shape index (κ3) is 4.36. The van der Waals surface area contributed by atoms with Gasteiger partial charge in [-0.2, -0.15) is 0 Å². The molecule has 2 aromatic carbocycles. The van der Waals surface area contributed by atoms with Crippen LogP contribution in [0.25, 0.3) is 5.69 Å². The van der Waals surface area contributed by atoms with Gasteiger partial charge in [0.05, 0.1) is 5.25 Å². The number of aromatic nitrogens is 3. The van der Waals surface area contributed by atoms with Crippen LogP contribution in [0.3, 0.4) is 0 Å². The highest BCUT2D eigenvalue weighted by atomic mass is 35.5. The number of carbonyl (C=O) groups excluding carboxylic acids is 1. The van der Waals surface area contributed by atoms with Crippen molar-refractivity contribution in [3.8, 4) is 11.4 Å². The number of carbonyl (C=O) groups is 1. The second-order valence-corrected chi connectivity index (χ2v) is 7.22. The van der Waals surface area contributed by atoms with Gasteiger partial charge in [-0.25, -0.2) is 0 Å². The Labute approximate surface area is 160 Å². The average Bonchev–Trinajstić information content (AvgIpc) is 3.04. The van der Waals surface area contributed by atoms with Gasteiger partial charge in [-0.3, -0.25) is 9.36 Å². The van der Waals surface area contributed by atoms with Gasteiger partial charge in [-0.15, -0.1) is 10.2 Å². The highest BCUT2D eigenvalue weighted by Crippen LogP contribution is 2.26. The molecule has 26 heavy (non-hydrogen) atoms. The molecule has 1 aromatic heterocycles. The second-order valence-electron chi connectivity index (χ2n) is 5.47. The molecule has 0 aliphatic rings. The van der Waals surface area contributed by atoms with Crippen LogP contribution in [-0.4, -0.2) is 25.9 Å². The third-order valence-electron chi connectivity index (χ3n) is 3.58. The number of nitrogens with zero attached hydrogens (tertiary/aromatic N) is 3. The minimum absolute atomic E-state index is 0.217. The van der Waals surface area contributed by atoms with Crippen LogP contribution in [0.4, 0.5) is 0 Å². The predicted octanol–water partition coefficient (Wildman–Crippen LogP) is 3.47. The van der Waals surface area contributed by atoms with E-state index in [0.29, 0.717) is 21.8 Å². The fraction of sp³-hybridized carbons (Fsp3) is 0.167. The van der Waals surface area contributed by atoms with E-state index in [4.69, 9.17) is 22.1 Å². The minimum Gasteiger partial charge on any atom is -0.486 e. The van der Waals surface area contributed by atoms with E-state index in [1.807, 2.05) is 34.9 Å². The summed E-state index contributed by atoms with van der Waals surface area (Å²) in [5.41, 5.74) is 6.25. The highest BCUT2D eigenvalue weighted by Gasteiger charge is 2.19. The summed E-state index contributed by atoms with van der Waals surface area (Å²) < 4.78 is 7.65. The van der Waals surface area contributed by atoms with Crippen molar-refractivity contribution in [2.45, 2.75) is 23.9 Å². The SMILES string of the molecule is CC(Sc1nnc(COc2ccc(Cl)cc2)n1-c1ccccc1)C(N)=O. The minimum atomic E-state index is -0.424. The van der Waals surface area contributed by atoms with E-state index >= 15 is 0 Å². The lowest BCUT2D eigenvalue weighted by Crippen LogP contribution is -2.23. The van der Waals surface area contributed by atoms with Gasteiger partial charge in [0.2, 0.25) is 5.91 Å². The summed E-state index contributed by atoms with van der Waals surface area (Å²) in [5, 5.41) is 9.23. The van der Waals surface area contributed by atoms with Crippen LogP contribution in [0.2, 0.25) is 5.02 Å². The van der Waals surface area contributed by atoms with E-state index in [9.17, 15) is 4.79 Å². The van der Waals surface area contributed by atoms with E-state index in [1.54, 1.807) is 31.2 Å². The molecule has 0 saturated heterocycles. The zero-order chi connectivity index (χ0) is 18.5. The van der Waals surface area contributed by atoms with Crippen LogP contribution in [0.5, 0.6) is 5.75 Å². The van der Waals surface area contributed by atoms with Crippen molar-refractivity contribution < 1.29 is 9.53 Å². The van der Waals surface area contributed by atoms with E-state index in [2.05, 4.69) is 10.2 Å². The van der Waals surface area contributed by atoms with Crippen molar-refractivity contribution in [1.29, 1.82) is 0 Å². The van der Waals surface area contributed by atoms with Crippen LogP contribution >= 0.6 is 23.4 Å².